The number of nitrogens with zero attached hydrogens (tertiary/aromatic N) is 2. The zero-order valence-corrected chi connectivity index (χ0v) is 26.9. The quantitative estimate of drug-likeness (QED) is 0.438. The lowest BCUT2D eigenvalue weighted by Crippen LogP contribution is -2.56. The van der Waals surface area contributed by atoms with Gasteiger partial charge in [-0.15, -0.1) is 0 Å². The molecular formula is C32H43ClN4O8. The van der Waals surface area contributed by atoms with Gasteiger partial charge in [0.2, 0.25) is 11.8 Å². The smallest absolute Gasteiger partial charge is 0.410 e. The van der Waals surface area contributed by atoms with Gasteiger partial charge in [-0.2, -0.15) is 0 Å². The van der Waals surface area contributed by atoms with Crippen LogP contribution in [-0.4, -0.2) is 80.7 Å². The fraction of sp³-hybridized carbons (Fsp3) is 0.656. The number of carbonyl (C=O) groups excluding carboxylic acids is 4. The molecule has 0 bridgehead atoms. The first-order chi connectivity index (χ1) is 21.3. The van der Waals surface area contributed by atoms with Gasteiger partial charge in [-0.25, -0.2) is 14.4 Å². The Bertz CT molecular complexity index is 1350. The predicted molar refractivity (Wildman–Crippen MR) is 163 cm³/mol. The van der Waals surface area contributed by atoms with E-state index in [1.54, 1.807) is 32.9 Å². The number of carbonyl (C=O) groups is 5. The summed E-state index contributed by atoms with van der Waals surface area (Å²) in [5.41, 5.74) is -0.284. The Labute approximate surface area is 268 Å². The van der Waals surface area contributed by atoms with Gasteiger partial charge in [-0.05, 0) is 69.2 Å². The van der Waals surface area contributed by atoms with Gasteiger partial charge in [0.15, 0.2) is 0 Å². The maximum absolute atomic E-state index is 14.1. The highest BCUT2D eigenvalue weighted by molar-refractivity contribution is 6.30. The van der Waals surface area contributed by atoms with Crippen molar-refractivity contribution in [1.82, 2.24) is 20.4 Å². The molecule has 0 radical (unpaired) electrons. The van der Waals surface area contributed by atoms with Gasteiger partial charge in [0.05, 0.1) is 6.54 Å². The summed E-state index contributed by atoms with van der Waals surface area (Å²) in [7, 11) is 0. The molecular weight excluding hydrogens is 604 g/mol. The van der Waals surface area contributed by atoms with E-state index in [1.165, 1.54) is 9.80 Å². The molecule has 4 amide bonds. The Morgan fingerprint density at radius 3 is 2.44 bits per heavy atom. The number of rotatable bonds is 3. The number of halogens is 1. The molecule has 45 heavy (non-hydrogen) atoms. The summed E-state index contributed by atoms with van der Waals surface area (Å²) in [6.07, 6.45) is 3.35. The third-order valence-corrected chi connectivity index (χ3v) is 9.37. The number of fused-ring (bicyclic) bond motifs is 3. The van der Waals surface area contributed by atoms with Crippen molar-refractivity contribution >= 4 is 41.6 Å². The minimum absolute atomic E-state index is 0.00451. The van der Waals surface area contributed by atoms with Crippen LogP contribution >= 0.6 is 11.6 Å². The standard InChI is InChI=1S/C32H43ClN4O8/c1-31(2,3)45-29(42)34-24-10-8-6-4-5-7-9-21-15-32(21,28(40)41)35-26(38)25-14-23(18-37(25)27(24)39)44-30(43)36-16-19-11-12-22(33)13-20(19)17-36/h11-13,21,23-25H,4-10,14-18H2,1-3H3,(H,34,42)(H,35,38)(H,40,41)/t21-,23-,24+,25+,32-/m1/s1. The van der Waals surface area contributed by atoms with E-state index in [4.69, 9.17) is 21.1 Å². The van der Waals surface area contributed by atoms with Crippen molar-refractivity contribution in [2.45, 2.75) is 121 Å². The highest BCUT2D eigenvalue weighted by atomic mass is 35.5. The minimum atomic E-state index is -1.38. The molecule has 5 rings (SSSR count). The summed E-state index contributed by atoms with van der Waals surface area (Å²) in [5.74, 6) is -2.40. The van der Waals surface area contributed by atoms with Crippen LogP contribution in [0.3, 0.4) is 0 Å². The molecule has 12 nitrogen and oxygen atoms in total. The van der Waals surface area contributed by atoms with Crippen molar-refractivity contribution in [3.05, 3.63) is 34.3 Å². The van der Waals surface area contributed by atoms with Gasteiger partial charge in [0, 0.05) is 24.5 Å². The van der Waals surface area contributed by atoms with E-state index in [0.717, 1.165) is 36.8 Å². The zero-order chi connectivity index (χ0) is 32.5. The zero-order valence-electron chi connectivity index (χ0n) is 26.1. The molecule has 3 aliphatic heterocycles. The minimum Gasteiger partial charge on any atom is -0.479 e. The highest BCUT2D eigenvalue weighted by Crippen LogP contribution is 2.47. The van der Waals surface area contributed by atoms with Crippen LogP contribution in [0.5, 0.6) is 0 Å². The topological polar surface area (TPSA) is 155 Å². The van der Waals surface area contributed by atoms with E-state index < -0.39 is 59.3 Å². The first-order valence-corrected chi connectivity index (χ1v) is 16.2. The number of ether oxygens (including phenoxy) is 2. The van der Waals surface area contributed by atoms with Crippen molar-refractivity contribution in [2.24, 2.45) is 5.92 Å². The maximum atomic E-state index is 14.1. The van der Waals surface area contributed by atoms with Crippen molar-refractivity contribution in [2.75, 3.05) is 6.54 Å². The fourth-order valence-electron chi connectivity index (χ4n) is 6.71. The monoisotopic (exact) mass is 646 g/mol. The Morgan fingerprint density at radius 2 is 1.73 bits per heavy atom. The number of hydrogen-bond donors (Lipinski definition) is 3. The Morgan fingerprint density at radius 1 is 1.04 bits per heavy atom. The van der Waals surface area contributed by atoms with E-state index in [9.17, 15) is 29.1 Å². The molecule has 13 heteroatoms. The molecule has 0 aromatic heterocycles. The van der Waals surface area contributed by atoms with Crippen molar-refractivity contribution in [3.63, 3.8) is 0 Å². The lowest BCUT2D eigenvalue weighted by molar-refractivity contribution is -0.146. The van der Waals surface area contributed by atoms with E-state index in [0.29, 0.717) is 43.8 Å². The molecule has 0 spiro atoms. The van der Waals surface area contributed by atoms with E-state index in [1.807, 2.05) is 6.07 Å². The first-order valence-electron chi connectivity index (χ1n) is 15.8. The Hall–Kier alpha value is -3.54. The third-order valence-electron chi connectivity index (χ3n) is 9.13. The maximum Gasteiger partial charge on any atom is 0.410 e. The third kappa shape index (κ3) is 7.65. The lowest BCUT2D eigenvalue weighted by Gasteiger charge is -2.30. The first kappa shape index (κ1) is 32.8. The number of benzene rings is 1. The molecule has 246 valence electrons. The average Bonchev–Trinajstić information content (AvgIpc) is 3.26. The normalized spacial score (nSPS) is 28.9. The van der Waals surface area contributed by atoms with Gasteiger partial charge in [0.25, 0.3) is 0 Å². The summed E-state index contributed by atoms with van der Waals surface area (Å²) in [5, 5.41) is 16.1. The number of carboxylic acid groups (broad SMARTS) is 1. The Balaban J connectivity index is 1.36. The van der Waals surface area contributed by atoms with Gasteiger partial charge >= 0.3 is 18.2 Å². The molecule has 3 fully saturated rings. The van der Waals surface area contributed by atoms with Crippen LogP contribution in [0.15, 0.2) is 18.2 Å². The molecule has 5 atom stereocenters. The van der Waals surface area contributed by atoms with Crippen LogP contribution in [0.2, 0.25) is 5.02 Å². The number of nitrogens with one attached hydrogen (secondary N) is 2. The van der Waals surface area contributed by atoms with E-state index in [2.05, 4.69) is 10.6 Å². The van der Waals surface area contributed by atoms with Crippen molar-refractivity contribution < 1.29 is 38.6 Å². The molecule has 3 N–H and O–H groups in total. The number of alkyl carbamates (subject to hydrolysis) is 1. The second-order valence-corrected chi connectivity index (χ2v) is 14.2. The molecule has 2 saturated heterocycles. The summed E-state index contributed by atoms with van der Waals surface area (Å²) < 4.78 is 11.3. The molecule has 1 aromatic rings. The largest absolute Gasteiger partial charge is 0.479 e. The van der Waals surface area contributed by atoms with Crippen LogP contribution in [0.4, 0.5) is 9.59 Å². The molecule has 1 aromatic carbocycles. The van der Waals surface area contributed by atoms with Crippen LogP contribution in [0.25, 0.3) is 0 Å². The molecule has 1 aliphatic carbocycles. The van der Waals surface area contributed by atoms with Gasteiger partial charge in [0.1, 0.15) is 29.3 Å². The highest BCUT2D eigenvalue weighted by Gasteiger charge is 2.62. The van der Waals surface area contributed by atoms with E-state index in [-0.39, 0.29) is 18.9 Å². The SMILES string of the molecule is CC(C)(C)OC(=O)N[C@H]1CCCCCCC[C@@H]2C[C@@]2(C(=O)O)NC(=O)[C@@H]2C[C@@H](OC(=O)N3Cc4ccc(Cl)cc4C3)CN2C1=O. The summed E-state index contributed by atoms with van der Waals surface area (Å²) >= 11 is 6.12. The van der Waals surface area contributed by atoms with Crippen LogP contribution < -0.4 is 10.6 Å². The van der Waals surface area contributed by atoms with Gasteiger partial charge < -0.3 is 30.1 Å². The predicted octanol–water partition coefficient (Wildman–Crippen LogP) is 4.36. The molecule has 3 heterocycles. The number of aliphatic carboxylic acids is 1. The van der Waals surface area contributed by atoms with Gasteiger partial charge in [-0.1, -0.05) is 49.8 Å². The van der Waals surface area contributed by atoms with Crippen LogP contribution in [0.1, 0.15) is 89.7 Å². The molecule has 4 aliphatic rings. The van der Waals surface area contributed by atoms with Crippen molar-refractivity contribution in [1.29, 1.82) is 0 Å². The number of hydrogen-bond acceptors (Lipinski definition) is 7. The summed E-state index contributed by atoms with van der Waals surface area (Å²) in [4.78, 5) is 69.0. The summed E-state index contributed by atoms with van der Waals surface area (Å²) in [6, 6.07) is 3.37. The Kier molecular flexibility index (Phi) is 9.53. The van der Waals surface area contributed by atoms with Gasteiger partial charge in [-0.3, -0.25) is 14.5 Å². The fourth-order valence-corrected chi connectivity index (χ4v) is 6.91. The van der Waals surface area contributed by atoms with Crippen LogP contribution in [0, 0.1) is 5.92 Å². The average molecular weight is 647 g/mol. The number of amides is 4. The molecule has 1 saturated carbocycles. The second kappa shape index (κ2) is 13.1. The van der Waals surface area contributed by atoms with Crippen LogP contribution in [-0.2, 0) is 36.9 Å². The second-order valence-electron chi connectivity index (χ2n) is 13.7. The molecule has 0 unspecified atom stereocenters. The lowest BCUT2D eigenvalue weighted by atomic mass is 10.0. The number of carboxylic acids is 1. The van der Waals surface area contributed by atoms with Crippen molar-refractivity contribution in [3.8, 4) is 0 Å². The van der Waals surface area contributed by atoms with E-state index >= 15 is 0 Å². The summed E-state index contributed by atoms with van der Waals surface area (Å²) in [6.45, 7) is 5.75.